The number of amides is 1. The molecule has 2 aliphatic rings. The minimum absolute atomic E-state index is 0.113. The summed E-state index contributed by atoms with van der Waals surface area (Å²) in [5.41, 5.74) is 14.1. The van der Waals surface area contributed by atoms with E-state index in [2.05, 4.69) is 31.4 Å². The fraction of sp³-hybridized carbons (Fsp3) is 0.594. The van der Waals surface area contributed by atoms with Crippen LogP contribution in [0.4, 0.5) is 16.2 Å². The van der Waals surface area contributed by atoms with Crippen molar-refractivity contribution in [2.24, 2.45) is 17.8 Å². The molecule has 220 valence electrons. The van der Waals surface area contributed by atoms with E-state index in [4.69, 9.17) is 25.7 Å². The van der Waals surface area contributed by atoms with Crippen LogP contribution in [0, 0.1) is 17.8 Å². The lowest BCUT2D eigenvalue weighted by Crippen LogP contribution is -2.54. The van der Waals surface area contributed by atoms with Crippen LogP contribution in [0.3, 0.4) is 0 Å². The predicted molar refractivity (Wildman–Crippen MR) is 160 cm³/mol. The van der Waals surface area contributed by atoms with Gasteiger partial charge in [-0.05, 0) is 98.6 Å². The SMILES string of the molecule is COc1ccc([C@](C)(NCc2ccc(N)cc2N)NC(=O)OC2CC(C)CCC2C(C)C)cc1OC1CCCC1. The minimum Gasteiger partial charge on any atom is -0.493 e. The third-order valence-electron chi connectivity index (χ3n) is 8.71. The molecule has 6 N–H and O–H groups in total. The van der Waals surface area contributed by atoms with E-state index in [0.717, 1.165) is 36.8 Å². The number of hydrogen-bond acceptors (Lipinski definition) is 7. The van der Waals surface area contributed by atoms with Crippen LogP contribution in [0.25, 0.3) is 0 Å². The van der Waals surface area contributed by atoms with Gasteiger partial charge in [-0.2, -0.15) is 0 Å². The average Bonchev–Trinajstić information content (AvgIpc) is 3.41. The minimum atomic E-state index is -0.988. The number of carbonyl (C=O) groups excluding carboxylic acids is 1. The van der Waals surface area contributed by atoms with Crippen LogP contribution >= 0.6 is 0 Å². The summed E-state index contributed by atoms with van der Waals surface area (Å²) in [5.74, 6) is 2.66. The molecule has 0 radical (unpaired) electrons. The Morgan fingerprint density at radius 1 is 1.05 bits per heavy atom. The van der Waals surface area contributed by atoms with E-state index in [1.54, 1.807) is 13.2 Å². The maximum atomic E-state index is 13.5. The van der Waals surface area contributed by atoms with Crippen LogP contribution in [-0.4, -0.2) is 25.4 Å². The fourth-order valence-electron chi connectivity index (χ4n) is 6.15. The average molecular weight is 553 g/mol. The summed E-state index contributed by atoms with van der Waals surface area (Å²) in [6.07, 6.45) is 7.12. The Labute approximate surface area is 239 Å². The summed E-state index contributed by atoms with van der Waals surface area (Å²) in [7, 11) is 1.64. The van der Waals surface area contributed by atoms with Gasteiger partial charge in [-0.3, -0.25) is 10.6 Å². The second-order valence-corrected chi connectivity index (χ2v) is 12.2. The van der Waals surface area contributed by atoms with E-state index >= 15 is 0 Å². The fourth-order valence-corrected chi connectivity index (χ4v) is 6.15. The first-order chi connectivity index (χ1) is 19.1. The van der Waals surface area contributed by atoms with Gasteiger partial charge in [0.15, 0.2) is 11.5 Å². The summed E-state index contributed by atoms with van der Waals surface area (Å²) < 4.78 is 18.1. The Balaban J connectivity index is 1.60. The second kappa shape index (κ2) is 13.0. The third-order valence-corrected chi connectivity index (χ3v) is 8.71. The molecular formula is C32H48N4O4. The van der Waals surface area contributed by atoms with Crippen molar-refractivity contribution in [2.45, 2.75) is 97.1 Å². The van der Waals surface area contributed by atoms with Crippen LogP contribution in [0.5, 0.6) is 11.5 Å². The number of ether oxygens (including phenoxy) is 3. The summed E-state index contributed by atoms with van der Waals surface area (Å²) in [6, 6.07) is 11.3. The summed E-state index contributed by atoms with van der Waals surface area (Å²) in [4.78, 5) is 13.5. The highest BCUT2D eigenvalue weighted by atomic mass is 16.6. The highest BCUT2D eigenvalue weighted by Gasteiger charge is 2.36. The molecular weight excluding hydrogens is 504 g/mol. The number of nitrogens with two attached hydrogens (primary N) is 2. The first-order valence-corrected chi connectivity index (χ1v) is 14.8. The third kappa shape index (κ3) is 7.33. The van der Waals surface area contributed by atoms with Gasteiger partial charge in [0.2, 0.25) is 0 Å². The smallest absolute Gasteiger partial charge is 0.409 e. The number of nitrogen functional groups attached to an aromatic ring is 2. The molecule has 40 heavy (non-hydrogen) atoms. The molecule has 8 nitrogen and oxygen atoms in total. The molecule has 0 aromatic heterocycles. The van der Waals surface area contributed by atoms with Crippen LogP contribution in [0.1, 0.15) is 83.8 Å². The van der Waals surface area contributed by atoms with Gasteiger partial charge in [-0.25, -0.2) is 4.79 Å². The Morgan fingerprint density at radius 2 is 1.80 bits per heavy atom. The van der Waals surface area contributed by atoms with Gasteiger partial charge < -0.3 is 25.7 Å². The van der Waals surface area contributed by atoms with Gasteiger partial charge in [-0.15, -0.1) is 0 Å². The van der Waals surface area contributed by atoms with Crippen molar-refractivity contribution in [1.82, 2.24) is 10.6 Å². The number of rotatable bonds is 10. The zero-order valence-corrected chi connectivity index (χ0v) is 24.8. The van der Waals surface area contributed by atoms with Crippen molar-refractivity contribution < 1.29 is 19.0 Å². The van der Waals surface area contributed by atoms with Crippen LogP contribution in [-0.2, 0) is 16.9 Å². The van der Waals surface area contributed by atoms with Crippen LogP contribution < -0.4 is 31.6 Å². The molecule has 2 aromatic carbocycles. The van der Waals surface area contributed by atoms with Crippen molar-refractivity contribution in [1.29, 1.82) is 0 Å². The summed E-state index contributed by atoms with van der Waals surface area (Å²) >= 11 is 0. The van der Waals surface area contributed by atoms with E-state index in [-0.39, 0.29) is 12.2 Å². The normalized spacial score (nSPS) is 23.0. The topological polar surface area (TPSA) is 121 Å². The standard InChI is InChI=1S/C32H48N4O4/c1-20(2)26-14-10-21(3)16-29(26)40-31(37)36-32(4,35-19-22-11-13-24(33)18-27(22)34)23-12-15-28(38-5)30(17-23)39-25-8-6-7-9-25/h11-13,15,17-18,20-21,25-26,29,35H,6-10,14,16,19,33-34H2,1-5H3,(H,36,37)/t21?,26?,29?,32-/m1/s1. The molecule has 2 fully saturated rings. The first-order valence-electron chi connectivity index (χ1n) is 14.8. The molecule has 2 saturated carbocycles. The highest BCUT2D eigenvalue weighted by molar-refractivity contribution is 5.69. The highest BCUT2D eigenvalue weighted by Crippen LogP contribution is 2.37. The van der Waals surface area contributed by atoms with Gasteiger partial charge >= 0.3 is 6.09 Å². The van der Waals surface area contributed by atoms with E-state index in [1.165, 1.54) is 19.3 Å². The van der Waals surface area contributed by atoms with E-state index in [9.17, 15) is 4.79 Å². The molecule has 0 saturated heterocycles. The van der Waals surface area contributed by atoms with Crippen LogP contribution in [0.2, 0.25) is 0 Å². The predicted octanol–water partition coefficient (Wildman–Crippen LogP) is 6.33. The lowest BCUT2D eigenvalue weighted by Gasteiger charge is -2.38. The lowest BCUT2D eigenvalue weighted by atomic mass is 9.75. The van der Waals surface area contributed by atoms with Crippen molar-refractivity contribution in [2.75, 3.05) is 18.6 Å². The molecule has 1 amide bonds. The number of nitrogens with one attached hydrogen (secondary N) is 2. The Morgan fingerprint density at radius 3 is 2.48 bits per heavy atom. The summed E-state index contributed by atoms with van der Waals surface area (Å²) in [5, 5.41) is 6.69. The molecule has 4 atom stereocenters. The number of alkyl carbamates (subject to hydrolysis) is 1. The Kier molecular flexibility index (Phi) is 9.72. The second-order valence-electron chi connectivity index (χ2n) is 12.2. The monoisotopic (exact) mass is 552 g/mol. The largest absolute Gasteiger partial charge is 0.493 e. The molecule has 4 rings (SSSR count). The number of anilines is 2. The molecule has 0 heterocycles. The van der Waals surface area contributed by atoms with Gasteiger partial charge in [-0.1, -0.05) is 39.3 Å². The van der Waals surface area contributed by atoms with Gasteiger partial charge in [0, 0.05) is 17.9 Å². The van der Waals surface area contributed by atoms with Crippen molar-refractivity contribution >= 4 is 17.5 Å². The zero-order chi connectivity index (χ0) is 28.9. The maximum Gasteiger partial charge on any atom is 0.409 e. The van der Waals surface area contributed by atoms with E-state index in [1.807, 2.05) is 37.3 Å². The molecule has 0 aliphatic heterocycles. The van der Waals surface area contributed by atoms with Crippen molar-refractivity contribution in [3.63, 3.8) is 0 Å². The molecule has 0 spiro atoms. The number of hydrogen-bond donors (Lipinski definition) is 4. The van der Waals surface area contributed by atoms with Gasteiger partial charge in [0.05, 0.1) is 13.2 Å². The zero-order valence-electron chi connectivity index (χ0n) is 24.8. The molecule has 0 bridgehead atoms. The first kappa shape index (κ1) is 29.8. The molecule has 2 aromatic rings. The Bertz CT molecular complexity index is 1150. The number of carbonyl (C=O) groups is 1. The van der Waals surface area contributed by atoms with Gasteiger partial charge in [0.25, 0.3) is 0 Å². The van der Waals surface area contributed by atoms with Crippen molar-refractivity contribution in [3.05, 3.63) is 47.5 Å². The van der Waals surface area contributed by atoms with Crippen LogP contribution in [0.15, 0.2) is 36.4 Å². The van der Waals surface area contributed by atoms with Crippen molar-refractivity contribution in [3.8, 4) is 11.5 Å². The van der Waals surface area contributed by atoms with E-state index < -0.39 is 11.8 Å². The molecule has 8 heteroatoms. The van der Waals surface area contributed by atoms with Gasteiger partial charge in [0.1, 0.15) is 11.8 Å². The Hall–Kier alpha value is -3.13. The number of benzene rings is 2. The number of methoxy groups -OCH3 is 1. The molecule has 3 unspecified atom stereocenters. The maximum absolute atomic E-state index is 13.5. The summed E-state index contributed by atoms with van der Waals surface area (Å²) in [6.45, 7) is 8.99. The molecule has 2 aliphatic carbocycles. The lowest BCUT2D eigenvalue weighted by molar-refractivity contribution is 0.00150. The quantitative estimate of drug-likeness (QED) is 0.201. The van der Waals surface area contributed by atoms with E-state index in [0.29, 0.717) is 47.2 Å².